The van der Waals surface area contributed by atoms with Crippen LogP contribution in [0.15, 0.2) is 16.8 Å². The highest BCUT2D eigenvalue weighted by Crippen LogP contribution is 2.09. The summed E-state index contributed by atoms with van der Waals surface area (Å²) in [6.07, 6.45) is 9.69. The lowest BCUT2D eigenvalue weighted by atomic mass is 10.1. The van der Waals surface area contributed by atoms with Crippen LogP contribution in [0.2, 0.25) is 0 Å². The van der Waals surface area contributed by atoms with Gasteiger partial charge in [0.1, 0.15) is 0 Å². The molecule has 0 aliphatic rings. The zero-order valence-corrected chi connectivity index (χ0v) is 7.46. The number of allylic oxidation sites excluding steroid dienone is 2. The van der Waals surface area contributed by atoms with E-state index >= 15 is 0 Å². The molecule has 0 fully saturated rings. The van der Waals surface area contributed by atoms with Crippen molar-refractivity contribution in [3.8, 4) is 12.3 Å². The van der Waals surface area contributed by atoms with Gasteiger partial charge in [0.05, 0.1) is 5.70 Å². The van der Waals surface area contributed by atoms with E-state index in [0.717, 1.165) is 12.1 Å². The first kappa shape index (κ1) is 9.97. The van der Waals surface area contributed by atoms with Gasteiger partial charge in [-0.1, -0.05) is 26.7 Å². The van der Waals surface area contributed by atoms with Crippen molar-refractivity contribution in [2.75, 3.05) is 0 Å². The number of rotatable bonds is 3. The fraction of sp³-hybridized carbons (Fsp3) is 0.500. The molecule has 0 unspecified atom stereocenters. The minimum absolute atomic E-state index is 0.411. The molecule has 0 heterocycles. The van der Waals surface area contributed by atoms with Crippen molar-refractivity contribution in [1.82, 2.24) is 0 Å². The molecule has 0 bridgehead atoms. The third-order valence-electron chi connectivity index (χ3n) is 1.25. The van der Waals surface area contributed by atoms with Gasteiger partial charge in [0, 0.05) is 12.3 Å². The SMILES string of the molecule is C#C/C=C(\N=CCC)C(C)C. The minimum atomic E-state index is 0.411. The molecule has 1 nitrogen and oxygen atoms in total. The van der Waals surface area contributed by atoms with Crippen molar-refractivity contribution >= 4 is 6.21 Å². The van der Waals surface area contributed by atoms with Crippen LogP contribution in [-0.4, -0.2) is 6.21 Å². The maximum atomic E-state index is 5.14. The molecule has 0 spiro atoms. The quantitative estimate of drug-likeness (QED) is 0.432. The lowest BCUT2D eigenvalue weighted by Gasteiger charge is -2.02. The van der Waals surface area contributed by atoms with E-state index in [2.05, 4.69) is 31.7 Å². The van der Waals surface area contributed by atoms with E-state index in [1.807, 2.05) is 6.21 Å². The standard InChI is InChI=1S/C10H15N/c1-5-7-10(9(3)4)11-8-6-2/h1,7-9H,6H2,2-4H3/b10-7-,11-8?. The van der Waals surface area contributed by atoms with Gasteiger partial charge in [0.25, 0.3) is 0 Å². The summed E-state index contributed by atoms with van der Waals surface area (Å²) in [5.74, 6) is 2.89. The summed E-state index contributed by atoms with van der Waals surface area (Å²) in [6.45, 7) is 6.21. The lowest BCUT2D eigenvalue weighted by Crippen LogP contribution is -1.90. The molecule has 0 aromatic carbocycles. The monoisotopic (exact) mass is 149 g/mol. The summed E-state index contributed by atoms with van der Waals surface area (Å²) in [5.41, 5.74) is 0.981. The van der Waals surface area contributed by atoms with Crippen molar-refractivity contribution in [1.29, 1.82) is 0 Å². The Hall–Kier alpha value is -1.03. The van der Waals surface area contributed by atoms with Crippen LogP contribution >= 0.6 is 0 Å². The van der Waals surface area contributed by atoms with Crippen molar-refractivity contribution in [2.24, 2.45) is 10.9 Å². The molecule has 0 aromatic heterocycles. The molecule has 0 rings (SSSR count). The molecular formula is C10H15N. The molecule has 0 amide bonds. The summed E-state index contributed by atoms with van der Waals surface area (Å²) < 4.78 is 0. The highest BCUT2D eigenvalue weighted by Gasteiger charge is 1.97. The Morgan fingerprint density at radius 2 is 2.27 bits per heavy atom. The van der Waals surface area contributed by atoms with Crippen molar-refractivity contribution in [3.63, 3.8) is 0 Å². The smallest absolute Gasteiger partial charge is 0.0508 e. The predicted octanol–water partition coefficient (Wildman–Crippen LogP) is 2.64. The normalized spacial score (nSPS) is 12.5. The van der Waals surface area contributed by atoms with Crippen LogP contribution in [0.5, 0.6) is 0 Å². The van der Waals surface area contributed by atoms with Crippen molar-refractivity contribution < 1.29 is 0 Å². The van der Waals surface area contributed by atoms with Crippen LogP contribution in [0.3, 0.4) is 0 Å². The Bertz CT molecular complexity index is 191. The van der Waals surface area contributed by atoms with Gasteiger partial charge < -0.3 is 0 Å². The van der Waals surface area contributed by atoms with E-state index < -0.39 is 0 Å². The molecule has 60 valence electrons. The van der Waals surface area contributed by atoms with E-state index in [9.17, 15) is 0 Å². The molecule has 0 aliphatic heterocycles. The van der Waals surface area contributed by atoms with Crippen LogP contribution in [0.4, 0.5) is 0 Å². The number of aliphatic imine (C=N–C) groups is 1. The fourth-order valence-corrected chi connectivity index (χ4v) is 0.635. The molecule has 0 saturated carbocycles. The number of hydrogen-bond donors (Lipinski definition) is 0. The Kier molecular flexibility index (Phi) is 5.20. The Balaban J connectivity index is 4.26. The van der Waals surface area contributed by atoms with E-state index in [-0.39, 0.29) is 0 Å². The third-order valence-corrected chi connectivity index (χ3v) is 1.25. The van der Waals surface area contributed by atoms with Crippen LogP contribution < -0.4 is 0 Å². The number of hydrogen-bond acceptors (Lipinski definition) is 1. The van der Waals surface area contributed by atoms with E-state index in [1.165, 1.54) is 0 Å². The highest BCUT2D eigenvalue weighted by atomic mass is 14.7. The van der Waals surface area contributed by atoms with Gasteiger partial charge >= 0.3 is 0 Å². The minimum Gasteiger partial charge on any atom is -0.265 e. The van der Waals surface area contributed by atoms with Crippen LogP contribution in [0.1, 0.15) is 27.2 Å². The van der Waals surface area contributed by atoms with Gasteiger partial charge in [0.2, 0.25) is 0 Å². The molecule has 0 radical (unpaired) electrons. The molecule has 0 aliphatic carbocycles. The first-order chi connectivity index (χ1) is 5.22. The van der Waals surface area contributed by atoms with Crippen LogP contribution in [0.25, 0.3) is 0 Å². The second-order valence-corrected chi connectivity index (χ2v) is 2.61. The molecule has 11 heavy (non-hydrogen) atoms. The Morgan fingerprint density at radius 3 is 2.64 bits per heavy atom. The predicted molar refractivity (Wildman–Crippen MR) is 50.5 cm³/mol. The summed E-state index contributed by atoms with van der Waals surface area (Å²) in [6, 6.07) is 0. The topological polar surface area (TPSA) is 12.4 Å². The molecule has 1 heteroatoms. The van der Waals surface area contributed by atoms with Crippen LogP contribution in [-0.2, 0) is 0 Å². The molecule has 0 atom stereocenters. The fourth-order valence-electron chi connectivity index (χ4n) is 0.635. The molecule has 0 saturated heterocycles. The zero-order valence-electron chi connectivity index (χ0n) is 7.46. The Labute approximate surface area is 69.2 Å². The van der Waals surface area contributed by atoms with E-state index in [0.29, 0.717) is 5.92 Å². The number of nitrogens with zero attached hydrogens (tertiary/aromatic N) is 1. The summed E-state index contributed by atoms with van der Waals surface area (Å²) in [7, 11) is 0. The maximum absolute atomic E-state index is 5.14. The average molecular weight is 149 g/mol. The maximum Gasteiger partial charge on any atom is 0.0508 e. The zero-order chi connectivity index (χ0) is 8.69. The molecular weight excluding hydrogens is 134 g/mol. The van der Waals surface area contributed by atoms with Gasteiger partial charge in [-0.3, -0.25) is 4.99 Å². The number of terminal acetylenes is 1. The van der Waals surface area contributed by atoms with Gasteiger partial charge in [-0.2, -0.15) is 0 Å². The average Bonchev–Trinajstić information content (AvgIpc) is 1.97. The van der Waals surface area contributed by atoms with Gasteiger partial charge in [-0.15, -0.1) is 6.42 Å². The first-order valence-corrected chi connectivity index (χ1v) is 3.91. The summed E-state index contributed by atoms with van der Waals surface area (Å²) in [4.78, 5) is 4.23. The second-order valence-electron chi connectivity index (χ2n) is 2.61. The van der Waals surface area contributed by atoms with E-state index in [1.54, 1.807) is 6.08 Å². The van der Waals surface area contributed by atoms with Gasteiger partial charge in [-0.25, -0.2) is 0 Å². The Morgan fingerprint density at radius 1 is 1.64 bits per heavy atom. The van der Waals surface area contributed by atoms with Crippen molar-refractivity contribution in [3.05, 3.63) is 11.8 Å². The largest absolute Gasteiger partial charge is 0.265 e. The molecule has 0 aromatic rings. The van der Waals surface area contributed by atoms with Crippen molar-refractivity contribution in [2.45, 2.75) is 27.2 Å². The second kappa shape index (κ2) is 5.73. The lowest BCUT2D eigenvalue weighted by molar-refractivity contribution is 0.759. The first-order valence-electron chi connectivity index (χ1n) is 3.91. The highest BCUT2D eigenvalue weighted by molar-refractivity contribution is 5.58. The molecule has 0 N–H and O–H groups in total. The summed E-state index contributed by atoms with van der Waals surface area (Å²) >= 11 is 0. The summed E-state index contributed by atoms with van der Waals surface area (Å²) in [5, 5.41) is 0. The van der Waals surface area contributed by atoms with E-state index in [4.69, 9.17) is 6.42 Å². The van der Waals surface area contributed by atoms with Crippen LogP contribution in [0, 0.1) is 18.3 Å². The third kappa shape index (κ3) is 4.38. The van der Waals surface area contributed by atoms with Gasteiger partial charge in [-0.05, 0) is 12.3 Å². The van der Waals surface area contributed by atoms with Gasteiger partial charge in [0.15, 0.2) is 0 Å².